The number of aryl methyl sites for hydroxylation is 1. The van der Waals surface area contributed by atoms with E-state index in [2.05, 4.69) is 33.2 Å². The predicted octanol–water partition coefficient (Wildman–Crippen LogP) is 2.30. The monoisotopic (exact) mass is 356 g/mol. The minimum atomic E-state index is -0.557. The highest BCUT2D eigenvalue weighted by Gasteiger charge is 2.37. The summed E-state index contributed by atoms with van der Waals surface area (Å²) in [6.45, 7) is 5.92. The largest absolute Gasteiger partial charge is 0.391 e. The SMILES string of the molecule is CC(=O)N1C[C@@H](O)C[C@@H]1c1nc(-c2cc(C)ccc2N2CCCC2)no1. The highest BCUT2D eigenvalue weighted by atomic mass is 16.5. The Labute approximate surface area is 152 Å². The number of carbonyl (C=O) groups is 1. The molecule has 1 aromatic heterocycles. The summed E-state index contributed by atoms with van der Waals surface area (Å²) >= 11 is 0. The Kier molecular flexibility index (Phi) is 4.40. The van der Waals surface area contributed by atoms with Gasteiger partial charge in [0.2, 0.25) is 17.6 Å². The van der Waals surface area contributed by atoms with Crippen LogP contribution in [0.15, 0.2) is 22.7 Å². The van der Waals surface area contributed by atoms with Gasteiger partial charge >= 0.3 is 0 Å². The lowest BCUT2D eigenvalue weighted by atomic mass is 10.1. The van der Waals surface area contributed by atoms with Crippen LogP contribution in [0.2, 0.25) is 0 Å². The lowest BCUT2D eigenvalue weighted by Crippen LogP contribution is -2.29. The molecule has 2 atom stereocenters. The number of hydrogen-bond acceptors (Lipinski definition) is 6. The molecular formula is C19H24N4O3. The number of rotatable bonds is 3. The van der Waals surface area contributed by atoms with Crippen LogP contribution in [0.1, 0.15) is 43.7 Å². The molecule has 7 nitrogen and oxygen atoms in total. The quantitative estimate of drug-likeness (QED) is 0.909. The lowest BCUT2D eigenvalue weighted by Gasteiger charge is -2.20. The van der Waals surface area contributed by atoms with Crippen molar-refractivity contribution in [1.82, 2.24) is 15.0 Å². The molecule has 0 spiro atoms. The predicted molar refractivity (Wildman–Crippen MR) is 96.7 cm³/mol. The highest BCUT2D eigenvalue weighted by molar-refractivity contribution is 5.76. The van der Waals surface area contributed by atoms with E-state index in [9.17, 15) is 9.90 Å². The number of anilines is 1. The number of benzene rings is 1. The number of β-amino-alcohol motifs (C(OH)–C–C–N with tert-alkyl or cyclic N) is 1. The van der Waals surface area contributed by atoms with E-state index in [4.69, 9.17) is 4.52 Å². The molecule has 0 saturated carbocycles. The summed E-state index contributed by atoms with van der Waals surface area (Å²) in [5, 5.41) is 14.1. The van der Waals surface area contributed by atoms with E-state index in [1.807, 2.05) is 6.92 Å². The summed E-state index contributed by atoms with van der Waals surface area (Å²) in [5.41, 5.74) is 3.21. The van der Waals surface area contributed by atoms with E-state index in [1.54, 1.807) is 4.90 Å². The van der Waals surface area contributed by atoms with Gasteiger partial charge in [0.15, 0.2) is 0 Å². The molecule has 0 aliphatic carbocycles. The Bertz CT molecular complexity index is 813. The van der Waals surface area contributed by atoms with Crippen molar-refractivity contribution < 1.29 is 14.4 Å². The highest BCUT2D eigenvalue weighted by Crippen LogP contribution is 2.35. The number of nitrogens with zero attached hydrogens (tertiary/aromatic N) is 4. The van der Waals surface area contributed by atoms with Gasteiger partial charge in [0.1, 0.15) is 6.04 Å². The molecule has 7 heteroatoms. The first-order valence-electron chi connectivity index (χ1n) is 9.18. The van der Waals surface area contributed by atoms with Crippen LogP contribution in [-0.2, 0) is 4.79 Å². The van der Waals surface area contributed by atoms with Crippen LogP contribution in [0.5, 0.6) is 0 Å². The molecule has 2 aromatic rings. The number of aliphatic hydroxyl groups excluding tert-OH is 1. The molecule has 0 radical (unpaired) electrons. The van der Waals surface area contributed by atoms with Crippen molar-refractivity contribution >= 4 is 11.6 Å². The van der Waals surface area contributed by atoms with Crippen LogP contribution < -0.4 is 4.90 Å². The number of aromatic nitrogens is 2. The number of hydrogen-bond donors (Lipinski definition) is 1. The maximum Gasteiger partial charge on any atom is 0.249 e. The van der Waals surface area contributed by atoms with Gasteiger partial charge in [-0.1, -0.05) is 16.8 Å². The number of aliphatic hydroxyl groups is 1. The third kappa shape index (κ3) is 3.07. The van der Waals surface area contributed by atoms with E-state index >= 15 is 0 Å². The van der Waals surface area contributed by atoms with Crippen LogP contribution in [0.25, 0.3) is 11.4 Å². The van der Waals surface area contributed by atoms with Crippen molar-refractivity contribution in [3.05, 3.63) is 29.7 Å². The minimum Gasteiger partial charge on any atom is -0.391 e. The van der Waals surface area contributed by atoms with Crippen molar-refractivity contribution in [2.45, 2.75) is 45.3 Å². The fraction of sp³-hybridized carbons (Fsp3) is 0.526. The first-order chi connectivity index (χ1) is 12.5. The van der Waals surface area contributed by atoms with Crippen LogP contribution >= 0.6 is 0 Å². The van der Waals surface area contributed by atoms with E-state index in [-0.39, 0.29) is 11.9 Å². The molecule has 26 heavy (non-hydrogen) atoms. The van der Waals surface area contributed by atoms with Gasteiger partial charge in [-0.15, -0.1) is 0 Å². The third-order valence-electron chi connectivity index (χ3n) is 5.25. The summed E-state index contributed by atoms with van der Waals surface area (Å²) in [6, 6.07) is 5.94. The number of carbonyl (C=O) groups excluding carboxylic acids is 1. The second kappa shape index (κ2) is 6.72. The number of amides is 1. The smallest absolute Gasteiger partial charge is 0.249 e. The van der Waals surface area contributed by atoms with Gasteiger partial charge in [0, 0.05) is 44.2 Å². The third-order valence-corrected chi connectivity index (χ3v) is 5.25. The molecule has 2 aliphatic rings. The zero-order chi connectivity index (χ0) is 18.3. The molecule has 2 saturated heterocycles. The summed E-state index contributed by atoms with van der Waals surface area (Å²) in [4.78, 5) is 20.4. The summed E-state index contributed by atoms with van der Waals surface area (Å²) in [7, 11) is 0. The lowest BCUT2D eigenvalue weighted by molar-refractivity contribution is -0.130. The van der Waals surface area contributed by atoms with Crippen molar-refractivity contribution in [3.8, 4) is 11.4 Å². The molecule has 4 rings (SSSR count). The maximum atomic E-state index is 11.8. The molecule has 3 heterocycles. The zero-order valence-electron chi connectivity index (χ0n) is 15.2. The van der Waals surface area contributed by atoms with Crippen molar-refractivity contribution in [2.24, 2.45) is 0 Å². The van der Waals surface area contributed by atoms with Crippen molar-refractivity contribution in [2.75, 3.05) is 24.5 Å². The van der Waals surface area contributed by atoms with Gasteiger partial charge < -0.3 is 19.4 Å². The van der Waals surface area contributed by atoms with Crippen LogP contribution in [0.4, 0.5) is 5.69 Å². The van der Waals surface area contributed by atoms with Crippen molar-refractivity contribution in [3.63, 3.8) is 0 Å². The maximum absolute atomic E-state index is 11.8. The fourth-order valence-corrected chi connectivity index (χ4v) is 3.94. The average molecular weight is 356 g/mol. The van der Waals surface area contributed by atoms with Gasteiger partial charge in [-0.05, 0) is 31.9 Å². The molecule has 0 unspecified atom stereocenters. The van der Waals surface area contributed by atoms with Crippen LogP contribution in [-0.4, -0.2) is 51.8 Å². The van der Waals surface area contributed by atoms with Gasteiger partial charge in [-0.25, -0.2) is 0 Å². The second-order valence-corrected chi connectivity index (χ2v) is 7.25. The topological polar surface area (TPSA) is 82.7 Å². The molecule has 1 aromatic carbocycles. The van der Waals surface area contributed by atoms with Crippen molar-refractivity contribution in [1.29, 1.82) is 0 Å². The second-order valence-electron chi connectivity index (χ2n) is 7.25. The van der Waals surface area contributed by atoms with Gasteiger partial charge in [-0.3, -0.25) is 4.79 Å². The normalized spacial score (nSPS) is 23.0. The van der Waals surface area contributed by atoms with Gasteiger partial charge in [-0.2, -0.15) is 4.98 Å². The van der Waals surface area contributed by atoms with Gasteiger partial charge in [0.25, 0.3) is 0 Å². The first kappa shape index (κ1) is 17.0. The standard InChI is InChI=1S/C19H24N4O3/c1-12-5-6-16(22-7-3-4-8-22)15(9-12)18-20-19(26-21-18)17-10-14(25)11-23(17)13(2)24/h5-6,9,14,17,25H,3-4,7-8,10-11H2,1-2H3/t14-,17+/m0/s1. The Balaban J connectivity index is 1.68. The van der Waals surface area contributed by atoms with Crippen LogP contribution in [0.3, 0.4) is 0 Å². The molecule has 2 fully saturated rings. The Morgan fingerprint density at radius 3 is 2.81 bits per heavy atom. The van der Waals surface area contributed by atoms with E-state index in [0.717, 1.165) is 29.9 Å². The van der Waals surface area contributed by atoms with Crippen LogP contribution in [0, 0.1) is 6.92 Å². The summed E-state index contributed by atoms with van der Waals surface area (Å²) in [6.07, 6.45) is 2.25. The molecule has 2 aliphatic heterocycles. The molecule has 0 bridgehead atoms. The Morgan fingerprint density at radius 2 is 2.08 bits per heavy atom. The Hall–Kier alpha value is -2.41. The fourth-order valence-electron chi connectivity index (χ4n) is 3.94. The van der Waals surface area contributed by atoms with E-state index in [1.165, 1.54) is 19.8 Å². The molecule has 1 amide bonds. The number of likely N-dealkylation sites (tertiary alicyclic amines) is 1. The van der Waals surface area contributed by atoms with E-state index in [0.29, 0.717) is 24.7 Å². The summed E-state index contributed by atoms with van der Waals surface area (Å²) in [5.74, 6) is 0.829. The molecular weight excluding hydrogens is 332 g/mol. The first-order valence-corrected chi connectivity index (χ1v) is 9.18. The zero-order valence-corrected chi connectivity index (χ0v) is 15.2. The average Bonchev–Trinajstić information content (AvgIpc) is 3.34. The molecule has 138 valence electrons. The van der Waals surface area contributed by atoms with Gasteiger partial charge in [0.05, 0.1) is 6.10 Å². The Morgan fingerprint density at radius 1 is 1.31 bits per heavy atom. The summed E-state index contributed by atoms with van der Waals surface area (Å²) < 4.78 is 5.50. The van der Waals surface area contributed by atoms with E-state index < -0.39 is 6.10 Å². The minimum absolute atomic E-state index is 0.0976. The molecule has 1 N–H and O–H groups in total.